The standard InChI is InChI=1S/C11H13N5O4S/c1-16-6-13-15-10(16)5-14-21(19,20)9-3-2-7(11(17)18)4-8(9)12/h2-4,6,14H,5,12H2,1H3,(H,17,18). The first-order chi connectivity index (χ1) is 9.81. The minimum absolute atomic E-state index is 0.0566. The van der Waals surface area contributed by atoms with Crippen LogP contribution in [0.3, 0.4) is 0 Å². The Morgan fingerprint density at radius 1 is 1.48 bits per heavy atom. The number of sulfonamides is 1. The maximum atomic E-state index is 12.1. The molecule has 0 spiro atoms. The fourth-order valence-corrected chi connectivity index (χ4v) is 2.72. The highest BCUT2D eigenvalue weighted by molar-refractivity contribution is 7.89. The van der Waals surface area contributed by atoms with Crippen molar-refractivity contribution >= 4 is 21.7 Å². The number of hydrogen-bond acceptors (Lipinski definition) is 6. The molecule has 0 saturated carbocycles. The summed E-state index contributed by atoms with van der Waals surface area (Å²) in [5, 5.41) is 16.2. The molecule has 0 aliphatic rings. The summed E-state index contributed by atoms with van der Waals surface area (Å²) in [6.45, 7) is -0.0566. The van der Waals surface area contributed by atoms with Gasteiger partial charge < -0.3 is 15.4 Å². The van der Waals surface area contributed by atoms with E-state index in [1.54, 1.807) is 11.6 Å². The van der Waals surface area contributed by atoms with Gasteiger partial charge in [0.1, 0.15) is 17.0 Å². The highest BCUT2D eigenvalue weighted by Gasteiger charge is 2.19. The highest BCUT2D eigenvalue weighted by Crippen LogP contribution is 2.19. The van der Waals surface area contributed by atoms with E-state index in [0.717, 1.165) is 12.1 Å². The second-order valence-corrected chi connectivity index (χ2v) is 5.98. The van der Waals surface area contributed by atoms with Gasteiger partial charge in [-0.3, -0.25) is 0 Å². The van der Waals surface area contributed by atoms with Gasteiger partial charge in [-0.25, -0.2) is 17.9 Å². The number of benzene rings is 1. The van der Waals surface area contributed by atoms with E-state index in [-0.39, 0.29) is 22.7 Å². The summed E-state index contributed by atoms with van der Waals surface area (Å²) in [5.74, 6) is -0.753. The highest BCUT2D eigenvalue weighted by atomic mass is 32.2. The summed E-state index contributed by atoms with van der Waals surface area (Å²) in [6, 6.07) is 3.42. The first-order valence-corrected chi connectivity index (χ1v) is 7.25. The van der Waals surface area contributed by atoms with Crippen LogP contribution in [0.5, 0.6) is 0 Å². The van der Waals surface area contributed by atoms with E-state index in [1.165, 1.54) is 12.4 Å². The number of nitrogens with one attached hydrogen (secondary N) is 1. The quantitative estimate of drug-likeness (QED) is 0.636. The maximum Gasteiger partial charge on any atom is 0.335 e. The summed E-state index contributed by atoms with van der Waals surface area (Å²) in [6.07, 6.45) is 1.44. The Morgan fingerprint density at radius 2 is 2.19 bits per heavy atom. The van der Waals surface area contributed by atoms with Crippen molar-refractivity contribution in [3.05, 3.63) is 35.9 Å². The Kier molecular flexibility index (Phi) is 3.91. The number of nitrogens with zero attached hydrogens (tertiary/aromatic N) is 3. The van der Waals surface area contributed by atoms with E-state index in [1.807, 2.05) is 0 Å². The van der Waals surface area contributed by atoms with Gasteiger partial charge in [0.2, 0.25) is 10.0 Å². The Hall–Kier alpha value is -2.46. The summed E-state index contributed by atoms with van der Waals surface area (Å²) < 4.78 is 28.2. The van der Waals surface area contributed by atoms with Gasteiger partial charge in [0.25, 0.3) is 0 Å². The molecule has 21 heavy (non-hydrogen) atoms. The number of anilines is 1. The molecule has 9 nitrogen and oxygen atoms in total. The van der Waals surface area contributed by atoms with Crippen LogP contribution in [0.25, 0.3) is 0 Å². The van der Waals surface area contributed by atoms with E-state index < -0.39 is 16.0 Å². The molecule has 2 rings (SSSR count). The van der Waals surface area contributed by atoms with Gasteiger partial charge in [-0.05, 0) is 18.2 Å². The Balaban J connectivity index is 2.23. The second-order valence-electron chi connectivity index (χ2n) is 4.24. The van der Waals surface area contributed by atoms with Gasteiger partial charge in [0, 0.05) is 7.05 Å². The Morgan fingerprint density at radius 3 is 2.71 bits per heavy atom. The molecule has 0 aliphatic heterocycles. The van der Waals surface area contributed by atoms with Gasteiger partial charge in [0.15, 0.2) is 0 Å². The first-order valence-electron chi connectivity index (χ1n) is 5.76. The molecule has 0 saturated heterocycles. The van der Waals surface area contributed by atoms with Crippen LogP contribution >= 0.6 is 0 Å². The third-order valence-corrected chi connectivity index (χ3v) is 4.25. The number of carbonyl (C=O) groups is 1. The van der Waals surface area contributed by atoms with Crippen LogP contribution in [0.15, 0.2) is 29.4 Å². The zero-order valence-corrected chi connectivity index (χ0v) is 11.8. The molecule has 0 unspecified atom stereocenters. The SMILES string of the molecule is Cn1cnnc1CNS(=O)(=O)c1ccc(C(=O)O)cc1N. The van der Waals surface area contributed by atoms with Crippen molar-refractivity contribution in [2.45, 2.75) is 11.4 Å². The minimum Gasteiger partial charge on any atom is -0.478 e. The van der Waals surface area contributed by atoms with Crippen molar-refractivity contribution in [3.63, 3.8) is 0 Å². The number of nitrogens with two attached hydrogens (primary N) is 1. The monoisotopic (exact) mass is 311 g/mol. The smallest absolute Gasteiger partial charge is 0.335 e. The predicted octanol–water partition coefficient (Wildman–Crippen LogP) is -0.426. The molecule has 0 fully saturated rings. The molecule has 1 aromatic heterocycles. The van der Waals surface area contributed by atoms with Crippen LogP contribution in [-0.4, -0.2) is 34.3 Å². The number of aromatic carboxylic acids is 1. The number of nitrogen functional groups attached to an aromatic ring is 1. The molecule has 10 heteroatoms. The molecule has 2 aromatic rings. The van der Waals surface area contributed by atoms with Gasteiger partial charge >= 0.3 is 5.97 Å². The molecule has 112 valence electrons. The summed E-state index contributed by atoms with van der Waals surface area (Å²) in [7, 11) is -2.20. The minimum atomic E-state index is -3.88. The average molecular weight is 311 g/mol. The lowest BCUT2D eigenvalue weighted by Gasteiger charge is -2.09. The van der Waals surface area contributed by atoms with Crippen molar-refractivity contribution in [1.82, 2.24) is 19.5 Å². The number of carboxylic acid groups (broad SMARTS) is 1. The summed E-state index contributed by atoms with van der Waals surface area (Å²) in [5.41, 5.74) is 5.39. The molecule has 0 radical (unpaired) electrons. The van der Waals surface area contributed by atoms with Crippen molar-refractivity contribution in [2.75, 3.05) is 5.73 Å². The summed E-state index contributed by atoms with van der Waals surface area (Å²) >= 11 is 0. The lowest BCUT2D eigenvalue weighted by molar-refractivity contribution is 0.0697. The Bertz CT molecular complexity index is 784. The summed E-state index contributed by atoms with van der Waals surface area (Å²) in [4.78, 5) is 10.6. The largest absolute Gasteiger partial charge is 0.478 e. The molecule has 0 bridgehead atoms. The molecule has 4 N–H and O–H groups in total. The topological polar surface area (TPSA) is 140 Å². The van der Waals surface area contributed by atoms with Crippen LogP contribution in [0, 0.1) is 0 Å². The lowest BCUT2D eigenvalue weighted by Crippen LogP contribution is -2.25. The third kappa shape index (κ3) is 3.17. The number of hydrogen-bond donors (Lipinski definition) is 3. The van der Waals surface area contributed by atoms with Crippen LogP contribution < -0.4 is 10.5 Å². The van der Waals surface area contributed by atoms with Gasteiger partial charge in [-0.1, -0.05) is 0 Å². The molecule has 0 amide bonds. The molecular weight excluding hydrogens is 298 g/mol. The number of rotatable bonds is 5. The van der Waals surface area contributed by atoms with Crippen LogP contribution in [0.1, 0.15) is 16.2 Å². The van der Waals surface area contributed by atoms with Crippen molar-refractivity contribution < 1.29 is 18.3 Å². The molecule has 0 aliphatic carbocycles. The third-order valence-electron chi connectivity index (χ3n) is 2.77. The van der Waals surface area contributed by atoms with Crippen LogP contribution in [0.2, 0.25) is 0 Å². The van der Waals surface area contributed by atoms with Gasteiger partial charge in [0.05, 0.1) is 17.8 Å². The van der Waals surface area contributed by atoms with E-state index in [4.69, 9.17) is 10.8 Å². The van der Waals surface area contributed by atoms with Crippen LogP contribution in [-0.2, 0) is 23.6 Å². The average Bonchev–Trinajstić information content (AvgIpc) is 2.81. The van der Waals surface area contributed by atoms with E-state index in [2.05, 4.69) is 14.9 Å². The van der Waals surface area contributed by atoms with Gasteiger partial charge in [-0.2, -0.15) is 0 Å². The van der Waals surface area contributed by atoms with Crippen LogP contribution in [0.4, 0.5) is 5.69 Å². The second kappa shape index (κ2) is 5.50. The molecule has 1 aromatic carbocycles. The normalized spacial score (nSPS) is 11.5. The molecule has 0 atom stereocenters. The van der Waals surface area contributed by atoms with Gasteiger partial charge in [-0.15, -0.1) is 10.2 Å². The number of aromatic nitrogens is 3. The van der Waals surface area contributed by atoms with Crippen molar-refractivity contribution in [1.29, 1.82) is 0 Å². The fourth-order valence-electron chi connectivity index (χ4n) is 1.63. The first kappa shape index (κ1) is 14.9. The number of aryl methyl sites for hydroxylation is 1. The van der Waals surface area contributed by atoms with E-state index in [9.17, 15) is 13.2 Å². The molecule has 1 heterocycles. The Labute approximate surface area is 120 Å². The van der Waals surface area contributed by atoms with Crippen molar-refractivity contribution in [3.8, 4) is 0 Å². The molecular formula is C11H13N5O4S. The van der Waals surface area contributed by atoms with Crippen molar-refractivity contribution in [2.24, 2.45) is 7.05 Å². The fraction of sp³-hybridized carbons (Fsp3) is 0.182. The number of carboxylic acids is 1. The zero-order valence-electron chi connectivity index (χ0n) is 11.0. The van der Waals surface area contributed by atoms with E-state index in [0.29, 0.717) is 5.82 Å². The maximum absolute atomic E-state index is 12.1. The zero-order chi connectivity index (χ0) is 15.6. The van der Waals surface area contributed by atoms with E-state index >= 15 is 0 Å². The predicted molar refractivity (Wildman–Crippen MR) is 72.8 cm³/mol. The lowest BCUT2D eigenvalue weighted by atomic mass is 10.2.